The molecular formula is C15H17F2NO3. The number of carbonyl (C=O) groups is 2. The van der Waals surface area contributed by atoms with Gasteiger partial charge in [0.05, 0.1) is 5.41 Å². The Morgan fingerprint density at radius 3 is 2.48 bits per heavy atom. The van der Waals surface area contributed by atoms with Crippen LogP contribution in [0.3, 0.4) is 0 Å². The first-order valence-electron chi connectivity index (χ1n) is 6.88. The fourth-order valence-electron chi connectivity index (χ4n) is 2.87. The van der Waals surface area contributed by atoms with Crippen LogP contribution in [0.1, 0.15) is 36.5 Å². The number of nitrogens with zero attached hydrogens (tertiary/aromatic N) is 1. The van der Waals surface area contributed by atoms with E-state index in [0.717, 1.165) is 12.1 Å². The Morgan fingerprint density at radius 2 is 1.95 bits per heavy atom. The van der Waals surface area contributed by atoms with E-state index in [-0.39, 0.29) is 13.1 Å². The van der Waals surface area contributed by atoms with Crippen molar-refractivity contribution in [3.8, 4) is 0 Å². The molecule has 1 aromatic carbocycles. The van der Waals surface area contributed by atoms with Crippen molar-refractivity contribution < 1.29 is 23.5 Å². The third-order valence-corrected chi connectivity index (χ3v) is 4.00. The quantitative estimate of drug-likeness (QED) is 0.929. The van der Waals surface area contributed by atoms with Crippen molar-refractivity contribution in [1.29, 1.82) is 0 Å². The van der Waals surface area contributed by atoms with Gasteiger partial charge in [0.2, 0.25) is 0 Å². The van der Waals surface area contributed by atoms with Crippen LogP contribution in [0.4, 0.5) is 8.78 Å². The molecule has 1 amide bonds. The lowest BCUT2D eigenvalue weighted by atomic mass is 9.83. The molecule has 6 heteroatoms. The van der Waals surface area contributed by atoms with Gasteiger partial charge >= 0.3 is 5.97 Å². The van der Waals surface area contributed by atoms with Gasteiger partial charge in [0, 0.05) is 13.1 Å². The van der Waals surface area contributed by atoms with Crippen molar-refractivity contribution in [1.82, 2.24) is 4.90 Å². The molecule has 4 nitrogen and oxygen atoms in total. The summed E-state index contributed by atoms with van der Waals surface area (Å²) in [6.45, 7) is 2.05. The maximum atomic E-state index is 13.6. The minimum atomic E-state index is -1.01. The van der Waals surface area contributed by atoms with Crippen molar-refractivity contribution in [2.45, 2.75) is 26.2 Å². The highest BCUT2D eigenvalue weighted by molar-refractivity contribution is 5.95. The van der Waals surface area contributed by atoms with Crippen LogP contribution in [-0.2, 0) is 4.79 Å². The molecule has 0 aliphatic carbocycles. The minimum Gasteiger partial charge on any atom is -0.481 e. The van der Waals surface area contributed by atoms with Crippen molar-refractivity contribution >= 4 is 11.9 Å². The van der Waals surface area contributed by atoms with Crippen molar-refractivity contribution in [2.75, 3.05) is 13.1 Å². The van der Waals surface area contributed by atoms with Crippen molar-refractivity contribution in [3.05, 3.63) is 35.4 Å². The van der Waals surface area contributed by atoms with E-state index in [1.807, 2.05) is 6.92 Å². The number of likely N-dealkylation sites (tertiary alicyclic amines) is 1. The summed E-state index contributed by atoms with van der Waals surface area (Å²) in [6, 6.07) is 3.22. The molecule has 1 saturated heterocycles. The summed E-state index contributed by atoms with van der Waals surface area (Å²) in [5.41, 5.74) is -1.62. The van der Waals surface area contributed by atoms with E-state index in [0.29, 0.717) is 19.3 Å². The molecule has 1 aliphatic heterocycles. The minimum absolute atomic E-state index is 0.0111. The lowest BCUT2D eigenvalue weighted by molar-refractivity contribution is -0.148. The fourth-order valence-corrected chi connectivity index (χ4v) is 2.87. The molecule has 1 heterocycles. The summed E-state index contributed by atoms with van der Waals surface area (Å²) in [5.74, 6) is -3.61. The number of hydrogen-bond acceptors (Lipinski definition) is 2. The molecule has 114 valence electrons. The Labute approximate surface area is 121 Å². The van der Waals surface area contributed by atoms with Gasteiger partial charge in [-0.05, 0) is 25.0 Å². The van der Waals surface area contributed by atoms with Crippen LogP contribution < -0.4 is 0 Å². The predicted octanol–water partition coefficient (Wildman–Crippen LogP) is 2.68. The largest absolute Gasteiger partial charge is 0.481 e. The number of carboxylic acid groups (broad SMARTS) is 1. The average molecular weight is 297 g/mol. The smallest absolute Gasteiger partial charge is 0.311 e. The van der Waals surface area contributed by atoms with Crippen LogP contribution in [0.5, 0.6) is 0 Å². The number of rotatable bonds is 4. The third kappa shape index (κ3) is 2.75. The highest BCUT2D eigenvalue weighted by Crippen LogP contribution is 2.36. The van der Waals surface area contributed by atoms with Crippen LogP contribution in [0.2, 0.25) is 0 Å². The van der Waals surface area contributed by atoms with E-state index in [4.69, 9.17) is 0 Å². The van der Waals surface area contributed by atoms with E-state index in [2.05, 4.69) is 0 Å². The molecule has 0 saturated carbocycles. The van der Waals surface area contributed by atoms with Crippen LogP contribution in [-0.4, -0.2) is 35.0 Å². The van der Waals surface area contributed by atoms with Crippen molar-refractivity contribution in [2.24, 2.45) is 5.41 Å². The summed E-state index contributed by atoms with van der Waals surface area (Å²) < 4.78 is 27.3. The van der Waals surface area contributed by atoms with Crippen LogP contribution >= 0.6 is 0 Å². The number of benzene rings is 1. The second-order valence-electron chi connectivity index (χ2n) is 5.41. The van der Waals surface area contributed by atoms with Gasteiger partial charge in [-0.25, -0.2) is 8.78 Å². The summed E-state index contributed by atoms with van der Waals surface area (Å²) >= 11 is 0. The number of hydrogen-bond donors (Lipinski definition) is 1. The van der Waals surface area contributed by atoms with Crippen molar-refractivity contribution in [3.63, 3.8) is 0 Å². The average Bonchev–Trinajstić information content (AvgIpc) is 2.84. The summed E-state index contributed by atoms with van der Waals surface area (Å²) in [5, 5.41) is 9.39. The maximum absolute atomic E-state index is 13.6. The van der Waals surface area contributed by atoms with E-state index < -0.39 is 34.5 Å². The normalized spacial score (nSPS) is 21.6. The molecule has 2 rings (SSSR count). The standard InChI is InChI=1S/C15H17F2NO3/c1-2-6-15(14(20)21)7-8-18(9-15)13(19)12-10(16)4-3-5-11(12)17/h3-5H,2,6-9H2,1H3,(H,20,21). The highest BCUT2D eigenvalue weighted by atomic mass is 19.1. The lowest BCUT2D eigenvalue weighted by Gasteiger charge is -2.24. The van der Waals surface area contributed by atoms with Gasteiger partial charge in [0.25, 0.3) is 5.91 Å². The van der Waals surface area contributed by atoms with Gasteiger partial charge in [0.1, 0.15) is 17.2 Å². The maximum Gasteiger partial charge on any atom is 0.311 e. The third-order valence-electron chi connectivity index (χ3n) is 4.00. The van der Waals surface area contributed by atoms with Gasteiger partial charge in [0.15, 0.2) is 0 Å². The molecular weight excluding hydrogens is 280 g/mol. The Balaban J connectivity index is 2.25. The molecule has 1 unspecified atom stereocenters. The van der Waals surface area contributed by atoms with Gasteiger partial charge < -0.3 is 10.0 Å². The highest BCUT2D eigenvalue weighted by Gasteiger charge is 2.46. The fraction of sp³-hybridized carbons (Fsp3) is 0.467. The molecule has 1 aliphatic rings. The second-order valence-corrected chi connectivity index (χ2v) is 5.41. The molecule has 0 radical (unpaired) electrons. The van der Waals surface area contributed by atoms with Gasteiger partial charge in [-0.15, -0.1) is 0 Å². The van der Waals surface area contributed by atoms with E-state index in [9.17, 15) is 23.5 Å². The Bertz CT molecular complexity index is 556. The van der Waals surface area contributed by atoms with E-state index in [1.54, 1.807) is 0 Å². The first kappa shape index (κ1) is 15.4. The summed E-state index contributed by atoms with van der Waals surface area (Å²) in [6.07, 6.45) is 1.41. The summed E-state index contributed by atoms with van der Waals surface area (Å²) in [4.78, 5) is 24.9. The molecule has 1 fully saturated rings. The van der Waals surface area contributed by atoms with Crippen LogP contribution in [0, 0.1) is 17.0 Å². The van der Waals surface area contributed by atoms with Gasteiger partial charge in [-0.3, -0.25) is 9.59 Å². The Morgan fingerprint density at radius 1 is 1.33 bits per heavy atom. The van der Waals surface area contributed by atoms with Crippen LogP contribution in [0.25, 0.3) is 0 Å². The predicted molar refractivity (Wildman–Crippen MR) is 71.9 cm³/mol. The Hall–Kier alpha value is -1.98. The number of carbonyl (C=O) groups excluding carboxylic acids is 1. The molecule has 0 spiro atoms. The number of aliphatic carboxylic acids is 1. The SMILES string of the molecule is CCCC1(C(=O)O)CCN(C(=O)c2c(F)cccc2F)C1. The van der Waals surface area contributed by atoms with Gasteiger partial charge in [-0.1, -0.05) is 19.4 Å². The van der Waals surface area contributed by atoms with Crippen LogP contribution in [0.15, 0.2) is 18.2 Å². The van der Waals surface area contributed by atoms with E-state index >= 15 is 0 Å². The second kappa shape index (κ2) is 5.79. The number of halogens is 2. The molecule has 0 aromatic heterocycles. The zero-order valence-corrected chi connectivity index (χ0v) is 11.7. The molecule has 1 N–H and O–H groups in total. The lowest BCUT2D eigenvalue weighted by Crippen LogP contribution is -2.37. The first-order valence-corrected chi connectivity index (χ1v) is 6.88. The molecule has 21 heavy (non-hydrogen) atoms. The first-order chi connectivity index (χ1) is 9.91. The zero-order valence-electron chi connectivity index (χ0n) is 11.7. The number of carboxylic acids is 1. The van der Waals surface area contributed by atoms with E-state index in [1.165, 1.54) is 11.0 Å². The topological polar surface area (TPSA) is 57.6 Å². The Kier molecular flexibility index (Phi) is 4.25. The number of amides is 1. The molecule has 0 bridgehead atoms. The summed E-state index contributed by atoms with van der Waals surface area (Å²) in [7, 11) is 0. The zero-order chi connectivity index (χ0) is 15.6. The monoisotopic (exact) mass is 297 g/mol. The van der Waals surface area contributed by atoms with Gasteiger partial charge in [-0.2, -0.15) is 0 Å². The molecule has 1 atom stereocenters. The molecule has 1 aromatic rings.